The van der Waals surface area contributed by atoms with Crippen LogP contribution in [0.5, 0.6) is 0 Å². The van der Waals surface area contributed by atoms with E-state index in [9.17, 15) is 4.79 Å². The Labute approximate surface area is 98.1 Å². The van der Waals surface area contributed by atoms with Crippen LogP contribution in [0.2, 0.25) is 0 Å². The molecule has 0 radical (unpaired) electrons. The molecule has 2 N–H and O–H groups in total. The van der Waals surface area contributed by atoms with Gasteiger partial charge in [-0.25, -0.2) is 0 Å². The van der Waals surface area contributed by atoms with E-state index in [1.54, 1.807) is 0 Å². The molecule has 1 saturated heterocycles. The summed E-state index contributed by atoms with van der Waals surface area (Å²) in [6.07, 6.45) is 2.97. The smallest absolute Gasteiger partial charge is 0.222 e. The van der Waals surface area contributed by atoms with Crippen molar-refractivity contribution in [1.82, 2.24) is 10.6 Å². The summed E-state index contributed by atoms with van der Waals surface area (Å²) in [7, 11) is 0. The highest BCUT2D eigenvalue weighted by Crippen LogP contribution is 2.14. The van der Waals surface area contributed by atoms with Crippen LogP contribution >= 0.6 is 0 Å². The first-order valence-corrected chi connectivity index (χ1v) is 6.32. The fraction of sp³-hybridized carbons (Fsp3) is 0.917. The second-order valence-electron chi connectivity index (χ2n) is 4.43. The normalized spacial score (nSPS) is 25.4. The Hall–Kier alpha value is -0.610. The van der Waals surface area contributed by atoms with Crippen molar-refractivity contribution in [2.24, 2.45) is 5.92 Å². The third-order valence-corrected chi connectivity index (χ3v) is 3.13. The zero-order valence-electron chi connectivity index (χ0n) is 10.4. The van der Waals surface area contributed by atoms with Crippen LogP contribution in [0.25, 0.3) is 0 Å². The van der Waals surface area contributed by atoms with E-state index < -0.39 is 0 Å². The van der Waals surface area contributed by atoms with Gasteiger partial charge in [0.05, 0.1) is 6.61 Å². The van der Waals surface area contributed by atoms with Gasteiger partial charge in [-0.1, -0.05) is 6.92 Å². The summed E-state index contributed by atoms with van der Waals surface area (Å²) >= 11 is 0. The van der Waals surface area contributed by atoms with Crippen LogP contribution in [-0.4, -0.2) is 38.3 Å². The molecule has 0 aromatic carbocycles. The number of nitrogens with one attached hydrogen (secondary N) is 2. The molecule has 0 aromatic rings. The van der Waals surface area contributed by atoms with Gasteiger partial charge >= 0.3 is 0 Å². The minimum Gasteiger partial charge on any atom is -0.381 e. The van der Waals surface area contributed by atoms with E-state index in [0.717, 1.165) is 13.1 Å². The van der Waals surface area contributed by atoms with E-state index in [2.05, 4.69) is 17.6 Å². The number of carbonyl (C=O) groups is 1. The largest absolute Gasteiger partial charge is 0.381 e. The molecule has 4 nitrogen and oxygen atoms in total. The molecule has 2 atom stereocenters. The molecule has 2 unspecified atom stereocenters. The Morgan fingerprint density at radius 3 is 3.06 bits per heavy atom. The molecule has 1 rings (SSSR count). The monoisotopic (exact) mass is 228 g/mol. The SMILES string of the molecule is CCOCCC(=O)NCC1NCCCC1C. The zero-order chi connectivity index (χ0) is 11.8. The van der Waals surface area contributed by atoms with E-state index in [4.69, 9.17) is 4.74 Å². The van der Waals surface area contributed by atoms with Gasteiger partial charge in [-0.2, -0.15) is 0 Å². The molecule has 0 bridgehead atoms. The summed E-state index contributed by atoms with van der Waals surface area (Å²) in [5.74, 6) is 0.744. The molecule has 1 fully saturated rings. The molecule has 1 aliphatic heterocycles. The number of ether oxygens (including phenoxy) is 1. The lowest BCUT2D eigenvalue weighted by Gasteiger charge is -2.30. The van der Waals surface area contributed by atoms with Crippen LogP contribution in [0.15, 0.2) is 0 Å². The summed E-state index contributed by atoms with van der Waals surface area (Å²) in [5, 5.41) is 6.41. The highest BCUT2D eigenvalue weighted by molar-refractivity contribution is 5.75. The second-order valence-corrected chi connectivity index (χ2v) is 4.43. The van der Waals surface area contributed by atoms with E-state index in [1.165, 1.54) is 12.8 Å². The Bertz CT molecular complexity index is 209. The van der Waals surface area contributed by atoms with Gasteiger partial charge in [0, 0.05) is 25.6 Å². The first-order chi connectivity index (χ1) is 7.74. The molecule has 0 saturated carbocycles. The highest BCUT2D eigenvalue weighted by Gasteiger charge is 2.20. The van der Waals surface area contributed by atoms with Gasteiger partial charge in [-0.15, -0.1) is 0 Å². The van der Waals surface area contributed by atoms with Gasteiger partial charge in [0.15, 0.2) is 0 Å². The van der Waals surface area contributed by atoms with Gasteiger partial charge in [0.1, 0.15) is 0 Å². The van der Waals surface area contributed by atoms with Crippen LogP contribution in [0.1, 0.15) is 33.1 Å². The standard InChI is InChI=1S/C12H24N2O2/c1-3-16-8-6-12(15)14-9-11-10(2)5-4-7-13-11/h10-11,13H,3-9H2,1-2H3,(H,14,15). The molecular formula is C12H24N2O2. The molecule has 0 aliphatic carbocycles. The third-order valence-electron chi connectivity index (χ3n) is 3.13. The van der Waals surface area contributed by atoms with Gasteiger partial charge in [-0.3, -0.25) is 4.79 Å². The molecule has 0 spiro atoms. The molecule has 1 aliphatic rings. The Morgan fingerprint density at radius 2 is 2.38 bits per heavy atom. The number of amides is 1. The summed E-state index contributed by atoms with van der Waals surface area (Å²) in [6, 6.07) is 0.435. The Balaban J connectivity index is 2.10. The Kier molecular flexibility index (Phi) is 6.42. The van der Waals surface area contributed by atoms with Gasteiger partial charge < -0.3 is 15.4 Å². The summed E-state index contributed by atoms with van der Waals surface area (Å²) in [5.41, 5.74) is 0. The van der Waals surface area contributed by atoms with Crippen molar-refractivity contribution in [3.05, 3.63) is 0 Å². The number of rotatable bonds is 6. The number of piperidine rings is 1. The predicted molar refractivity (Wildman–Crippen MR) is 64.3 cm³/mol. The molecule has 16 heavy (non-hydrogen) atoms. The minimum atomic E-state index is 0.0908. The van der Waals surface area contributed by atoms with Crippen molar-refractivity contribution in [1.29, 1.82) is 0 Å². The molecule has 4 heteroatoms. The van der Waals surface area contributed by atoms with Crippen LogP contribution in [0.4, 0.5) is 0 Å². The van der Waals surface area contributed by atoms with Crippen molar-refractivity contribution in [3.8, 4) is 0 Å². The average Bonchev–Trinajstić information content (AvgIpc) is 2.28. The van der Waals surface area contributed by atoms with Crippen molar-refractivity contribution in [2.45, 2.75) is 39.2 Å². The first-order valence-electron chi connectivity index (χ1n) is 6.32. The highest BCUT2D eigenvalue weighted by atomic mass is 16.5. The van der Waals surface area contributed by atoms with E-state index in [-0.39, 0.29) is 5.91 Å². The first kappa shape index (κ1) is 13.5. The lowest BCUT2D eigenvalue weighted by molar-refractivity contribution is -0.122. The van der Waals surface area contributed by atoms with E-state index in [1.807, 2.05) is 6.92 Å². The summed E-state index contributed by atoms with van der Waals surface area (Å²) in [4.78, 5) is 11.4. The maximum absolute atomic E-state index is 11.4. The van der Waals surface area contributed by atoms with E-state index in [0.29, 0.717) is 31.6 Å². The fourth-order valence-electron chi connectivity index (χ4n) is 2.01. The quantitative estimate of drug-likeness (QED) is 0.665. The van der Waals surface area contributed by atoms with Crippen molar-refractivity contribution in [2.75, 3.05) is 26.3 Å². The maximum Gasteiger partial charge on any atom is 0.222 e. The lowest BCUT2D eigenvalue weighted by atomic mass is 9.93. The average molecular weight is 228 g/mol. The maximum atomic E-state index is 11.4. The van der Waals surface area contributed by atoms with Crippen LogP contribution in [0, 0.1) is 5.92 Å². The van der Waals surface area contributed by atoms with Crippen LogP contribution < -0.4 is 10.6 Å². The van der Waals surface area contributed by atoms with Gasteiger partial charge in [0.25, 0.3) is 0 Å². The minimum absolute atomic E-state index is 0.0908. The zero-order valence-corrected chi connectivity index (χ0v) is 10.4. The number of carbonyl (C=O) groups excluding carboxylic acids is 1. The van der Waals surface area contributed by atoms with Crippen LogP contribution in [0.3, 0.4) is 0 Å². The van der Waals surface area contributed by atoms with Crippen molar-refractivity contribution in [3.63, 3.8) is 0 Å². The lowest BCUT2D eigenvalue weighted by Crippen LogP contribution is -2.47. The van der Waals surface area contributed by atoms with Gasteiger partial charge in [-0.05, 0) is 32.2 Å². The predicted octanol–water partition coefficient (Wildman–Crippen LogP) is 0.917. The topological polar surface area (TPSA) is 50.4 Å². The Morgan fingerprint density at radius 1 is 1.56 bits per heavy atom. The number of hydrogen-bond donors (Lipinski definition) is 2. The van der Waals surface area contributed by atoms with Crippen LogP contribution in [-0.2, 0) is 9.53 Å². The van der Waals surface area contributed by atoms with Crippen molar-refractivity contribution < 1.29 is 9.53 Å². The molecule has 0 aromatic heterocycles. The molecule has 1 heterocycles. The fourth-order valence-corrected chi connectivity index (χ4v) is 2.01. The molecule has 1 amide bonds. The number of hydrogen-bond acceptors (Lipinski definition) is 3. The third kappa shape index (κ3) is 4.94. The molecular weight excluding hydrogens is 204 g/mol. The van der Waals surface area contributed by atoms with E-state index >= 15 is 0 Å². The summed E-state index contributed by atoms with van der Waals surface area (Å²) < 4.78 is 5.14. The van der Waals surface area contributed by atoms with Gasteiger partial charge in [0.2, 0.25) is 5.91 Å². The summed E-state index contributed by atoms with van der Waals surface area (Å²) in [6.45, 7) is 7.19. The molecule has 94 valence electrons. The second kappa shape index (κ2) is 7.63. The van der Waals surface area contributed by atoms with Crippen molar-refractivity contribution >= 4 is 5.91 Å².